The number of nitrogens with two attached hydrogens (primary N) is 1. The maximum Gasteiger partial charge on any atom is 0.226 e. The van der Waals surface area contributed by atoms with E-state index >= 15 is 0 Å². The molecule has 0 aliphatic heterocycles. The molecule has 2 rings (SSSR count). The molecule has 1 atom stereocenters. The van der Waals surface area contributed by atoms with Crippen molar-refractivity contribution in [2.24, 2.45) is 5.73 Å². The summed E-state index contributed by atoms with van der Waals surface area (Å²) in [5, 5.41) is 4.97. The molecular formula is C15H18FN3O2S. The van der Waals surface area contributed by atoms with Gasteiger partial charge in [-0.15, -0.1) is 11.3 Å². The van der Waals surface area contributed by atoms with Crippen LogP contribution in [0.3, 0.4) is 0 Å². The standard InChI is InChI=1S/C15H18FN3O2S/c1-9(17)3-6-14(20)19-15-18-12(8-22-15)10-4-5-13(21-2)11(16)7-10/h4-5,7-9H,3,6,17H2,1-2H3,(H,18,19,20). The third-order valence-corrected chi connectivity index (χ3v) is 3.78. The van der Waals surface area contributed by atoms with Crippen LogP contribution in [-0.2, 0) is 4.79 Å². The average Bonchev–Trinajstić information content (AvgIpc) is 2.93. The number of rotatable bonds is 6. The number of aromatic nitrogens is 1. The number of ether oxygens (including phenoxy) is 1. The molecule has 0 aliphatic rings. The summed E-state index contributed by atoms with van der Waals surface area (Å²) in [4.78, 5) is 16.0. The molecule has 0 saturated heterocycles. The first-order valence-electron chi connectivity index (χ1n) is 6.84. The maximum atomic E-state index is 13.7. The normalized spacial score (nSPS) is 12.0. The lowest BCUT2D eigenvalue weighted by Crippen LogP contribution is -2.19. The van der Waals surface area contributed by atoms with Gasteiger partial charge in [-0.2, -0.15) is 0 Å². The molecule has 3 N–H and O–H groups in total. The molecule has 0 bridgehead atoms. The van der Waals surface area contributed by atoms with E-state index in [9.17, 15) is 9.18 Å². The van der Waals surface area contributed by atoms with E-state index in [1.165, 1.54) is 24.5 Å². The highest BCUT2D eigenvalue weighted by Crippen LogP contribution is 2.28. The quantitative estimate of drug-likeness (QED) is 0.856. The van der Waals surface area contributed by atoms with Crippen LogP contribution in [0.2, 0.25) is 0 Å². The number of hydrogen-bond donors (Lipinski definition) is 2. The molecule has 118 valence electrons. The van der Waals surface area contributed by atoms with Gasteiger partial charge in [0.1, 0.15) is 0 Å². The van der Waals surface area contributed by atoms with E-state index < -0.39 is 5.82 Å². The molecule has 1 aromatic heterocycles. The number of benzene rings is 1. The zero-order valence-electron chi connectivity index (χ0n) is 12.4. The van der Waals surface area contributed by atoms with E-state index in [-0.39, 0.29) is 17.7 Å². The predicted molar refractivity (Wildman–Crippen MR) is 85.6 cm³/mol. The van der Waals surface area contributed by atoms with Gasteiger partial charge < -0.3 is 15.8 Å². The Morgan fingerprint density at radius 2 is 2.32 bits per heavy atom. The molecule has 1 heterocycles. The zero-order valence-corrected chi connectivity index (χ0v) is 13.2. The first kappa shape index (κ1) is 16.4. The number of nitrogens with zero attached hydrogens (tertiary/aromatic N) is 1. The van der Waals surface area contributed by atoms with Crippen molar-refractivity contribution in [3.63, 3.8) is 0 Å². The SMILES string of the molecule is COc1ccc(-c2csc(NC(=O)CCC(C)N)n2)cc1F. The Morgan fingerprint density at radius 3 is 2.95 bits per heavy atom. The number of anilines is 1. The molecule has 2 aromatic rings. The van der Waals surface area contributed by atoms with E-state index in [4.69, 9.17) is 10.5 Å². The lowest BCUT2D eigenvalue weighted by Gasteiger charge is -2.04. The molecule has 0 spiro atoms. The van der Waals surface area contributed by atoms with Crippen LogP contribution in [0.1, 0.15) is 19.8 Å². The van der Waals surface area contributed by atoms with E-state index in [1.807, 2.05) is 6.92 Å². The van der Waals surface area contributed by atoms with Crippen molar-refractivity contribution < 1.29 is 13.9 Å². The number of hydrogen-bond acceptors (Lipinski definition) is 5. The van der Waals surface area contributed by atoms with E-state index in [0.717, 1.165) is 0 Å². The zero-order chi connectivity index (χ0) is 16.1. The van der Waals surface area contributed by atoms with Crippen LogP contribution in [0.25, 0.3) is 11.3 Å². The fourth-order valence-corrected chi connectivity index (χ4v) is 2.57. The Kier molecular flexibility index (Phi) is 5.46. The summed E-state index contributed by atoms with van der Waals surface area (Å²) < 4.78 is 18.6. The van der Waals surface area contributed by atoms with Gasteiger partial charge in [0.15, 0.2) is 16.7 Å². The minimum absolute atomic E-state index is 0.0140. The van der Waals surface area contributed by atoms with Crippen molar-refractivity contribution in [3.05, 3.63) is 29.4 Å². The van der Waals surface area contributed by atoms with Gasteiger partial charge in [0.05, 0.1) is 12.8 Å². The fraction of sp³-hybridized carbons (Fsp3) is 0.333. The second-order valence-electron chi connectivity index (χ2n) is 4.95. The third-order valence-electron chi connectivity index (χ3n) is 3.02. The molecule has 1 amide bonds. The first-order valence-corrected chi connectivity index (χ1v) is 7.72. The van der Waals surface area contributed by atoms with Crippen molar-refractivity contribution in [1.29, 1.82) is 0 Å². The Balaban J connectivity index is 2.05. The number of carbonyl (C=O) groups is 1. The van der Waals surface area contributed by atoms with Crippen LogP contribution in [0.4, 0.5) is 9.52 Å². The molecule has 1 unspecified atom stereocenters. The van der Waals surface area contributed by atoms with Gasteiger partial charge in [0, 0.05) is 23.4 Å². The Labute approximate surface area is 132 Å². The number of thiazole rings is 1. The van der Waals surface area contributed by atoms with Crippen LogP contribution in [-0.4, -0.2) is 24.0 Å². The minimum atomic E-state index is -0.449. The summed E-state index contributed by atoms with van der Waals surface area (Å²) in [6.45, 7) is 1.85. The summed E-state index contributed by atoms with van der Waals surface area (Å²) in [6, 6.07) is 4.61. The molecule has 22 heavy (non-hydrogen) atoms. The number of halogens is 1. The molecular weight excluding hydrogens is 305 g/mol. The van der Waals surface area contributed by atoms with Crippen LogP contribution < -0.4 is 15.8 Å². The number of carbonyl (C=O) groups excluding carboxylic acids is 1. The van der Waals surface area contributed by atoms with Gasteiger partial charge in [-0.1, -0.05) is 0 Å². The molecule has 1 aromatic carbocycles. The minimum Gasteiger partial charge on any atom is -0.494 e. The van der Waals surface area contributed by atoms with Gasteiger partial charge >= 0.3 is 0 Å². The van der Waals surface area contributed by atoms with Crippen LogP contribution in [0.5, 0.6) is 5.75 Å². The summed E-state index contributed by atoms with van der Waals surface area (Å²) >= 11 is 1.29. The molecule has 5 nitrogen and oxygen atoms in total. The summed E-state index contributed by atoms with van der Waals surface area (Å²) in [5.74, 6) is -0.391. The summed E-state index contributed by atoms with van der Waals surface area (Å²) in [7, 11) is 1.41. The molecule has 0 aliphatic carbocycles. The summed E-state index contributed by atoms with van der Waals surface area (Å²) in [5.41, 5.74) is 6.85. The third kappa shape index (κ3) is 4.25. The van der Waals surface area contributed by atoms with Crippen LogP contribution >= 0.6 is 11.3 Å². The van der Waals surface area contributed by atoms with Gasteiger partial charge in [0.25, 0.3) is 0 Å². The lowest BCUT2D eigenvalue weighted by atomic mass is 10.1. The van der Waals surface area contributed by atoms with Crippen molar-refractivity contribution in [3.8, 4) is 17.0 Å². The Hall–Kier alpha value is -1.99. The average molecular weight is 323 g/mol. The van der Waals surface area contributed by atoms with Crippen molar-refractivity contribution >= 4 is 22.4 Å². The largest absolute Gasteiger partial charge is 0.494 e. The predicted octanol–water partition coefficient (Wildman–Crippen LogP) is 3.02. The first-order chi connectivity index (χ1) is 10.5. The van der Waals surface area contributed by atoms with Crippen molar-refractivity contribution in [2.75, 3.05) is 12.4 Å². The highest BCUT2D eigenvalue weighted by atomic mass is 32.1. The summed E-state index contributed by atoms with van der Waals surface area (Å²) in [6.07, 6.45) is 0.970. The lowest BCUT2D eigenvalue weighted by molar-refractivity contribution is -0.116. The van der Waals surface area contributed by atoms with Crippen molar-refractivity contribution in [2.45, 2.75) is 25.8 Å². The molecule has 0 radical (unpaired) electrons. The van der Waals surface area contributed by atoms with Crippen molar-refractivity contribution in [1.82, 2.24) is 4.98 Å². The second-order valence-corrected chi connectivity index (χ2v) is 5.81. The highest BCUT2D eigenvalue weighted by molar-refractivity contribution is 7.14. The van der Waals surface area contributed by atoms with E-state index in [2.05, 4.69) is 10.3 Å². The number of amides is 1. The fourth-order valence-electron chi connectivity index (χ4n) is 1.83. The second kappa shape index (κ2) is 7.33. The van der Waals surface area contributed by atoms with Gasteiger partial charge in [-0.25, -0.2) is 9.37 Å². The molecule has 7 heteroatoms. The molecule has 0 saturated carbocycles. The highest BCUT2D eigenvalue weighted by Gasteiger charge is 2.11. The molecule has 0 fully saturated rings. The Bertz CT molecular complexity index is 658. The maximum absolute atomic E-state index is 13.7. The van der Waals surface area contributed by atoms with Gasteiger partial charge in [-0.05, 0) is 31.5 Å². The smallest absolute Gasteiger partial charge is 0.226 e. The monoisotopic (exact) mass is 323 g/mol. The van der Waals surface area contributed by atoms with Gasteiger partial charge in [-0.3, -0.25) is 4.79 Å². The Morgan fingerprint density at radius 1 is 1.55 bits per heavy atom. The van der Waals surface area contributed by atoms with Gasteiger partial charge in [0.2, 0.25) is 5.91 Å². The number of methoxy groups -OCH3 is 1. The van der Waals surface area contributed by atoms with E-state index in [0.29, 0.717) is 29.2 Å². The number of nitrogens with one attached hydrogen (secondary N) is 1. The topological polar surface area (TPSA) is 77.2 Å². The van der Waals surface area contributed by atoms with E-state index in [1.54, 1.807) is 17.5 Å². The van der Waals surface area contributed by atoms with Crippen LogP contribution in [0.15, 0.2) is 23.6 Å². The van der Waals surface area contributed by atoms with Crippen LogP contribution in [0, 0.1) is 5.82 Å².